The number of piperidine rings is 1. The van der Waals surface area contributed by atoms with Crippen molar-refractivity contribution in [2.45, 2.75) is 25.1 Å². The molecule has 28 heavy (non-hydrogen) atoms. The van der Waals surface area contributed by atoms with Crippen molar-refractivity contribution in [2.75, 3.05) is 18.0 Å². The zero-order valence-corrected chi connectivity index (χ0v) is 15.1. The molecule has 0 unspecified atom stereocenters. The van der Waals surface area contributed by atoms with Crippen molar-refractivity contribution in [1.82, 2.24) is 19.9 Å². The summed E-state index contributed by atoms with van der Waals surface area (Å²) < 4.78 is 45.2. The number of rotatable bonds is 3. The lowest BCUT2D eigenvalue weighted by Gasteiger charge is -2.32. The van der Waals surface area contributed by atoms with Crippen molar-refractivity contribution in [3.05, 3.63) is 36.0 Å². The first-order valence-corrected chi connectivity index (χ1v) is 8.88. The third kappa shape index (κ3) is 3.47. The van der Waals surface area contributed by atoms with E-state index < -0.39 is 11.9 Å². The molecule has 148 valence electrons. The minimum atomic E-state index is -4.54. The molecule has 0 spiro atoms. The molecule has 3 aromatic rings. The smallest absolute Gasteiger partial charge is 0.371 e. The number of nitrogens with zero attached hydrogens (tertiary/aromatic N) is 5. The second-order valence-corrected chi connectivity index (χ2v) is 6.80. The molecule has 10 heteroatoms. The number of anilines is 1. The summed E-state index contributed by atoms with van der Waals surface area (Å²) in [5, 5.41) is 7.35. The summed E-state index contributed by atoms with van der Waals surface area (Å²) in [6.45, 7) is 1.63. The Labute approximate surface area is 158 Å². The van der Waals surface area contributed by atoms with E-state index in [0.717, 1.165) is 47.9 Å². The minimum Gasteiger partial charge on any atom is -0.371 e. The summed E-state index contributed by atoms with van der Waals surface area (Å²) in [7, 11) is 1.41. The van der Waals surface area contributed by atoms with E-state index in [0.29, 0.717) is 0 Å². The second kappa shape index (κ2) is 6.93. The van der Waals surface area contributed by atoms with Crippen molar-refractivity contribution in [1.29, 1.82) is 0 Å². The van der Waals surface area contributed by atoms with Gasteiger partial charge in [-0.2, -0.15) is 23.3 Å². The van der Waals surface area contributed by atoms with Crippen LogP contribution >= 0.6 is 0 Å². The van der Waals surface area contributed by atoms with Crippen molar-refractivity contribution < 1.29 is 17.7 Å². The Bertz CT molecular complexity index is 972. The SMILES string of the molecule is Cn1nc(C(F)(F)F)cc1-c1noc(-c2ccccc2N2CCC(N)CC2)n1. The van der Waals surface area contributed by atoms with E-state index in [9.17, 15) is 13.2 Å². The Hall–Kier alpha value is -2.88. The number of alkyl halides is 3. The van der Waals surface area contributed by atoms with Gasteiger partial charge in [-0.05, 0) is 31.0 Å². The number of para-hydroxylation sites is 1. The van der Waals surface area contributed by atoms with Gasteiger partial charge in [-0.15, -0.1) is 0 Å². The Morgan fingerprint density at radius 2 is 1.89 bits per heavy atom. The van der Waals surface area contributed by atoms with E-state index in [1.54, 1.807) is 0 Å². The number of nitrogens with two attached hydrogens (primary N) is 1. The fourth-order valence-electron chi connectivity index (χ4n) is 3.32. The van der Waals surface area contributed by atoms with Gasteiger partial charge in [0.15, 0.2) is 5.69 Å². The molecule has 0 atom stereocenters. The van der Waals surface area contributed by atoms with Crippen LogP contribution in [0.15, 0.2) is 34.9 Å². The highest BCUT2D eigenvalue weighted by Gasteiger charge is 2.35. The molecule has 0 bridgehead atoms. The van der Waals surface area contributed by atoms with Gasteiger partial charge in [0.05, 0.1) is 5.56 Å². The quantitative estimate of drug-likeness (QED) is 0.737. The van der Waals surface area contributed by atoms with E-state index in [4.69, 9.17) is 10.3 Å². The summed E-state index contributed by atoms with van der Waals surface area (Å²) >= 11 is 0. The number of benzene rings is 1. The first-order valence-electron chi connectivity index (χ1n) is 8.88. The van der Waals surface area contributed by atoms with Crippen LogP contribution in [0.2, 0.25) is 0 Å². The fourth-order valence-corrected chi connectivity index (χ4v) is 3.32. The molecular formula is C18H19F3N6O. The molecule has 1 saturated heterocycles. The second-order valence-electron chi connectivity index (χ2n) is 6.80. The molecule has 0 saturated carbocycles. The van der Waals surface area contributed by atoms with Gasteiger partial charge >= 0.3 is 6.18 Å². The third-order valence-corrected chi connectivity index (χ3v) is 4.84. The van der Waals surface area contributed by atoms with Crippen LogP contribution in [0.25, 0.3) is 23.0 Å². The molecule has 3 heterocycles. The third-order valence-electron chi connectivity index (χ3n) is 4.84. The average Bonchev–Trinajstić information content (AvgIpc) is 3.29. The molecular weight excluding hydrogens is 373 g/mol. The van der Waals surface area contributed by atoms with E-state index in [1.807, 2.05) is 24.3 Å². The number of aromatic nitrogens is 4. The van der Waals surface area contributed by atoms with E-state index in [2.05, 4.69) is 20.1 Å². The van der Waals surface area contributed by atoms with Gasteiger partial charge in [-0.3, -0.25) is 4.68 Å². The van der Waals surface area contributed by atoms with Crippen molar-refractivity contribution in [3.8, 4) is 23.0 Å². The highest BCUT2D eigenvalue weighted by atomic mass is 19.4. The van der Waals surface area contributed by atoms with Crippen LogP contribution < -0.4 is 10.6 Å². The highest BCUT2D eigenvalue weighted by Crippen LogP contribution is 2.34. The lowest BCUT2D eigenvalue weighted by atomic mass is 10.0. The zero-order valence-electron chi connectivity index (χ0n) is 15.1. The van der Waals surface area contributed by atoms with Gasteiger partial charge in [0.1, 0.15) is 5.69 Å². The number of hydrogen-bond acceptors (Lipinski definition) is 6. The average molecular weight is 392 g/mol. The summed E-state index contributed by atoms with van der Waals surface area (Å²) in [4.78, 5) is 6.52. The summed E-state index contributed by atoms with van der Waals surface area (Å²) in [5.41, 5.74) is 6.78. The fraction of sp³-hybridized carbons (Fsp3) is 0.389. The largest absolute Gasteiger partial charge is 0.435 e. The number of hydrogen-bond donors (Lipinski definition) is 1. The van der Waals surface area contributed by atoms with E-state index in [1.165, 1.54) is 7.05 Å². The lowest BCUT2D eigenvalue weighted by molar-refractivity contribution is -0.141. The van der Waals surface area contributed by atoms with Gasteiger partial charge in [-0.1, -0.05) is 17.3 Å². The maximum atomic E-state index is 12.9. The van der Waals surface area contributed by atoms with E-state index in [-0.39, 0.29) is 23.5 Å². The first-order chi connectivity index (χ1) is 13.3. The van der Waals surface area contributed by atoms with Crippen LogP contribution in [0.1, 0.15) is 18.5 Å². The normalized spacial score (nSPS) is 16.0. The Balaban J connectivity index is 1.67. The van der Waals surface area contributed by atoms with Crippen molar-refractivity contribution in [2.24, 2.45) is 12.8 Å². The monoisotopic (exact) mass is 392 g/mol. The molecule has 0 radical (unpaired) electrons. The van der Waals surface area contributed by atoms with Crippen LogP contribution in [-0.4, -0.2) is 39.1 Å². The summed E-state index contributed by atoms with van der Waals surface area (Å²) in [6, 6.07) is 8.69. The maximum absolute atomic E-state index is 12.9. The zero-order chi connectivity index (χ0) is 19.9. The maximum Gasteiger partial charge on any atom is 0.435 e. The molecule has 2 N–H and O–H groups in total. The predicted molar refractivity (Wildman–Crippen MR) is 96.4 cm³/mol. The van der Waals surface area contributed by atoms with Crippen LogP contribution in [0.3, 0.4) is 0 Å². The first kappa shape index (κ1) is 18.5. The highest BCUT2D eigenvalue weighted by molar-refractivity contribution is 5.74. The van der Waals surface area contributed by atoms with Gasteiger partial charge < -0.3 is 15.2 Å². The van der Waals surface area contributed by atoms with Crippen LogP contribution in [0.4, 0.5) is 18.9 Å². The Morgan fingerprint density at radius 3 is 2.57 bits per heavy atom. The van der Waals surface area contributed by atoms with Gasteiger partial charge in [0, 0.05) is 31.9 Å². The van der Waals surface area contributed by atoms with Crippen LogP contribution in [-0.2, 0) is 13.2 Å². The number of aryl methyl sites for hydroxylation is 1. The molecule has 0 amide bonds. The van der Waals surface area contributed by atoms with Crippen LogP contribution in [0.5, 0.6) is 0 Å². The summed E-state index contributed by atoms with van der Waals surface area (Å²) in [5.74, 6) is 0.297. The lowest BCUT2D eigenvalue weighted by Crippen LogP contribution is -2.39. The topological polar surface area (TPSA) is 86.0 Å². The van der Waals surface area contributed by atoms with Gasteiger partial charge in [0.25, 0.3) is 5.89 Å². The van der Waals surface area contributed by atoms with Crippen molar-refractivity contribution >= 4 is 5.69 Å². The van der Waals surface area contributed by atoms with Gasteiger partial charge in [-0.25, -0.2) is 0 Å². The van der Waals surface area contributed by atoms with Crippen LogP contribution in [0, 0.1) is 0 Å². The molecule has 0 aliphatic carbocycles. The van der Waals surface area contributed by atoms with Gasteiger partial charge in [0.2, 0.25) is 5.82 Å². The molecule has 7 nitrogen and oxygen atoms in total. The molecule has 1 aliphatic heterocycles. The predicted octanol–water partition coefficient (Wildman–Crippen LogP) is 3.08. The molecule has 1 aliphatic rings. The molecule has 2 aromatic heterocycles. The molecule has 1 aromatic carbocycles. The Kier molecular flexibility index (Phi) is 4.58. The Morgan fingerprint density at radius 1 is 1.18 bits per heavy atom. The molecule has 4 rings (SSSR count). The van der Waals surface area contributed by atoms with Crippen molar-refractivity contribution in [3.63, 3.8) is 0 Å². The standard InChI is InChI=1S/C18H19F3N6O/c1-26-14(10-15(24-26)18(19,20)21)16-23-17(28-25-16)12-4-2-3-5-13(12)27-8-6-11(22)7-9-27/h2-5,10-11H,6-9,22H2,1H3. The van der Waals surface area contributed by atoms with E-state index >= 15 is 0 Å². The minimum absolute atomic E-state index is 0.0518. The number of halogens is 3. The summed E-state index contributed by atoms with van der Waals surface area (Å²) in [6.07, 6.45) is -2.76. The molecule has 1 fully saturated rings.